The Morgan fingerprint density at radius 3 is 2.61 bits per heavy atom. The Hall–Kier alpha value is -1.75. The van der Waals surface area contributed by atoms with Gasteiger partial charge in [0.15, 0.2) is 0 Å². The van der Waals surface area contributed by atoms with Gasteiger partial charge in [0, 0.05) is 19.5 Å². The number of hydrogen-bond acceptors (Lipinski definition) is 4. The van der Waals surface area contributed by atoms with E-state index in [1.165, 1.54) is 5.56 Å². The van der Waals surface area contributed by atoms with Gasteiger partial charge in [-0.3, -0.25) is 0 Å². The fraction of sp³-hybridized carbons (Fsp3) is 0.462. The third-order valence-corrected chi connectivity index (χ3v) is 2.31. The molecule has 0 radical (unpaired) electrons. The molecule has 0 aliphatic heterocycles. The minimum absolute atomic E-state index is 0.190. The van der Waals surface area contributed by atoms with Gasteiger partial charge in [0.05, 0.1) is 6.10 Å². The van der Waals surface area contributed by atoms with Gasteiger partial charge in [-0.2, -0.15) is 0 Å². The van der Waals surface area contributed by atoms with Gasteiger partial charge in [-0.05, 0) is 31.5 Å². The molecule has 0 saturated carbocycles. The van der Waals surface area contributed by atoms with Crippen molar-refractivity contribution in [3.63, 3.8) is 0 Å². The lowest BCUT2D eigenvalue weighted by Crippen LogP contribution is -2.21. The summed E-state index contributed by atoms with van der Waals surface area (Å²) >= 11 is 0. The van der Waals surface area contributed by atoms with Gasteiger partial charge in [0.2, 0.25) is 0 Å². The maximum Gasteiger partial charge on any atom is 0.140 e. The van der Waals surface area contributed by atoms with E-state index in [9.17, 15) is 0 Å². The predicted molar refractivity (Wildman–Crippen MR) is 71.9 cm³/mol. The molecule has 1 aromatic rings. The van der Waals surface area contributed by atoms with Gasteiger partial charge in [-0.15, -0.1) is 0 Å². The van der Waals surface area contributed by atoms with Crippen molar-refractivity contribution in [2.45, 2.75) is 32.9 Å². The lowest BCUT2D eigenvalue weighted by Gasteiger charge is -2.10. The Balaban J connectivity index is 2.31. The number of rotatable bonds is 7. The normalized spacial score (nSPS) is 11.8. The molecule has 0 unspecified atom stereocenters. The van der Waals surface area contributed by atoms with E-state index in [0.29, 0.717) is 13.0 Å². The number of ether oxygens (including phenoxy) is 1. The first-order chi connectivity index (χ1) is 8.61. The first-order valence-electron chi connectivity index (χ1n) is 6.04. The smallest absolute Gasteiger partial charge is 0.140 e. The quantitative estimate of drug-likeness (QED) is 0.226. The average Bonchev–Trinajstić information content (AvgIpc) is 2.35. The van der Waals surface area contributed by atoms with E-state index in [1.807, 2.05) is 38.1 Å². The summed E-state index contributed by atoms with van der Waals surface area (Å²) in [6.45, 7) is 5.44. The number of amidine groups is 1. The highest BCUT2D eigenvalue weighted by Crippen LogP contribution is 2.13. The predicted octanol–water partition coefficient (Wildman–Crippen LogP) is 1.70. The summed E-state index contributed by atoms with van der Waals surface area (Å²) in [7, 11) is 0. The van der Waals surface area contributed by atoms with Gasteiger partial charge in [-0.1, -0.05) is 17.3 Å². The molecule has 4 N–H and O–H groups in total. The molecule has 0 amide bonds. The van der Waals surface area contributed by atoms with Crippen LogP contribution in [0.4, 0.5) is 0 Å². The average molecular weight is 251 g/mol. The molecule has 0 bridgehead atoms. The summed E-state index contributed by atoms with van der Waals surface area (Å²) in [5.74, 6) is 1.12. The Kier molecular flexibility index (Phi) is 6.00. The first-order valence-corrected chi connectivity index (χ1v) is 6.04. The largest absolute Gasteiger partial charge is 0.491 e. The third kappa shape index (κ3) is 5.54. The first kappa shape index (κ1) is 14.3. The van der Waals surface area contributed by atoms with E-state index in [0.717, 1.165) is 12.3 Å². The molecule has 0 atom stereocenters. The minimum Gasteiger partial charge on any atom is -0.491 e. The lowest BCUT2D eigenvalue weighted by atomic mass is 10.2. The number of nitrogens with zero attached hydrogens (tertiary/aromatic N) is 1. The molecule has 0 heterocycles. The van der Waals surface area contributed by atoms with E-state index >= 15 is 0 Å². The molecule has 100 valence electrons. The van der Waals surface area contributed by atoms with Crippen LogP contribution in [0.25, 0.3) is 0 Å². The van der Waals surface area contributed by atoms with E-state index < -0.39 is 0 Å². The van der Waals surface area contributed by atoms with Crippen molar-refractivity contribution in [2.75, 3.05) is 6.54 Å². The maximum atomic E-state index is 8.37. The highest BCUT2D eigenvalue weighted by molar-refractivity contribution is 5.79. The van der Waals surface area contributed by atoms with Crippen LogP contribution in [-0.4, -0.2) is 23.7 Å². The second kappa shape index (κ2) is 7.55. The van der Waals surface area contributed by atoms with Gasteiger partial charge in [0.1, 0.15) is 11.6 Å². The van der Waals surface area contributed by atoms with Crippen LogP contribution in [0.1, 0.15) is 25.8 Å². The van der Waals surface area contributed by atoms with Crippen molar-refractivity contribution in [1.29, 1.82) is 0 Å². The van der Waals surface area contributed by atoms with Crippen LogP contribution in [0.3, 0.4) is 0 Å². The third-order valence-electron chi connectivity index (χ3n) is 2.31. The summed E-state index contributed by atoms with van der Waals surface area (Å²) in [6, 6.07) is 7.96. The summed E-state index contributed by atoms with van der Waals surface area (Å²) < 4.78 is 5.56. The molecule has 0 aliphatic rings. The summed E-state index contributed by atoms with van der Waals surface area (Å²) in [5, 5.41) is 14.5. The van der Waals surface area contributed by atoms with Crippen molar-refractivity contribution in [3.8, 4) is 5.75 Å². The molecule has 1 rings (SSSR count). The van der Waals surface area contributed by atoms with Crippen LogP contribution in [-0.2, 0) is 6.54 Å². The topological polar surface area (TPSA) is 79.9 Å². The molecule has 0 saturated heterocycles. The van der Waals surface area contributed by atoms with Crippen LogP contribution in [0.15, 0.2) is 29.4 Å². The fourth-order valence-corrected chi connectivity index (χ4v) is 1.46. The van der Waals surface area contributed by atoms with Crippen molar-refractivity contribution >= 4 is 5.84 Å². The van der Waals surface area contributed by atoms with E-state index in [-0.39, 0.29) is 11.9 Å². The van der Waals surface area contributed by atoms with Crippen molar-refractivity contribution in [3.05, 3.63) is 29.8 Å². The number of nitrogens with one attached hydrogen (secondary N) is 1. The number of benzene rings is 1. The van der Waals surface area contributed by atoms with Gasteiger partial charge < -0.3 is 21.0 Å². The van der Waals surface area contributed by atoms with Crippen LogP contribution in [0, 0.1) is 0 Å². The zero-order valence-electron chi connectivity index (χ0n) is 10.9. The van der Waals surface area contributed by atoms with Crippen LogP contribution in [0.5, 0.6) is 5.75 Å². The molecule has 0 fully saturated rings. The highest BCUT2D eigenvalue weighted by atomic mass is 16.5. The summed E-state index contributed by atoms with van der Waals surface area (Å²) in [4.78, 5) is 0. The van der Waals surface area contributed by atoms with E-state index in [2.05, 4.69) is 10.5 Å². The minimum atomic E-state index is 0.190. The Morgan fingerprint density at radius 2 is 2.06 bits per heavy atom. The van der Waals surface area contributed by atoms with Crippen LogP contribution in [0.2, 0.25) is 0 Å². The van der Waals surface area contributed by atoms with E-state index in [1.54, 1.807) is 0 Å². The molecule has 0 aromatic heterocycles. The van der Waals surface area contributed by atoms with Crippen LogP contribution < -0.4 is 15.8 Å². The van der Waals surface area contributed by atoms with Crippen molar-refractivity contribution in [2.24, 2.45) is 10.9 Å². The molecular formula is C13H21N3O2. The van der Waals surface area contributed by atoms with Gasteiger partial charge in [-0.25, -0.2) is 0 Å². The Bertz CT molecular complexity index is 374. The fourth-order valence-electron chi connectivity index (χ4n) is 1.46. The second-order valence-electron chi connectivity index (χ2n) is 4.33. The molecular weight excluding hydrogens is 230 g/mol. The molecule has 5 nitrogen and oxygen atoms in total. The molecule has 5 heteroatoms. The van der Waals surface area contributed by atoms with Gasteiger partial charge >= 0.3 is 0 Å². The number of hydrogen-bond donors (Lipinski definition) is 3. The lowest BCUT2D eigenvalue weighted by molar-refractivity contribution is 0.242. The second-order valence-corrected chi connectivity index (χ2v) is 4.33. The SMILES string of the molecule is CC(C)Oc1ccc(CNCC/C(N)=N\O)cc1. The monoisotopic (exact) mass is 251 g/mol. The van der Waals surface area contributed by atoms with Crippen molar-refractivity contribution < 1.29 is 9.94 Å². The number of nitrogens with two attached hydrogens (primary N) is 1. The zero-order valence-corrected chi connectivity index (χ0v) is 10.9. The standard InChI is InChI=1S/C13H21N3O2/c1-10(2)18-12-5-3-11(4-6-12)9-15-8-7-13(14)16-17/h3-6,10,15,17H,7-9H2,1-2H3,(H2,14,16). The Labute approximate surface area is 108 Å². The molecule has 0 aliphatic carbocycles. The van der Waals surface area contributed by atoms with Crippen LogP contribution >= 0.6 is 0 Å². The maximum absolute atomic E-state index is 8.37. The summed E-state index contributed by atoms with van der Waals surface area (Å²) in [5.41, 5.74) is 6.53. The zero-order chi connectivity index (χ0) is 13.4. The van der Waals surface area contributed by atoms with Gasteiger partial charge in [0.25, 0.3) is 0 Å². The molecule has 18 heavy (non-hydrogen) atoms. The highest BCUT2D eigenvalue weighted by Gasteiger charge is 1.98. The van der Waals surface area contributed by atoms with E-state index in [4.69, 9.17) is 15.7 Å². The summed E-state index contributed by atoms with van der Waals surface area (Å²) in [6.07, 6.45) is 0.722. The molecule has 0 spiro atoms. The number of oxime groups is 1. The Morgan fingerprint density at radius 1 is 1.39 bits per heavy atom. The molecule has 1 aromatic carbocycles. The van der Waals surface area contributed by atoms with Crippen molar-refractivity contribution in [1.82, 2.24) is 5.32 Å².